The highest BCUT2D eigenvalue weighted by Gasteiger charge is 2.87. The summed E-state index contributed by atoms with van der Waals surface area (Å²) in [5, 5.41) is 47.6. The van der Waals surface area contributed by atoms with Crippen LogP contribution in [0.1, 0.15) is 33.6 Å². The minimum atomic E-state index is -5.51. The first-order valence-corrected chi connectivity index (χ1v) is 8.79. The average Bonchev–Trinajstić information content (AvgIpc) is 2.58. The summed E-state index contributed by atoms with van der Waals surface area (Å²) in [6, 6.07) is -2.72. The highest BCUT2D eigenvalue weighted by molar-refractivity contribution is 5.28. The summed E-state index contributed by atoms with van der Waals surface area (Å²) in [4.78, 5) is 41.6. The van der Waals surface area contributed by atoms with E-state index in [1.165, 1.54) is 13.8 Å². The molecule has 0 spiro atoms. The van der Waals surface area contributed by atoms with Gasteiger partial charge < -0.3 is 0 Å². The van der Waals surface area contributed by atoms with Crippen LogP contribution in [0.3, 0.4) is 0 Å². The van der Waals surface area contributed by atoms with Crippen molar-refractivity contribution in [1.29, 1.82) is 0 Å². The third-order valence-corrected chi connectivity index (χ3v) is 5.16. The zero-order chi connectivity index (χ0) is 23.7. The van der Waals surface area contributed by atoms with Crippen molar-refractivity contribution in [3.05, 3.63) is 52.1 Å². The van der Waals surface area contributed by atoms with Crippen molar-refractivity contribution >= 4 is 0 Å². The van der Waals surface area contributed by atoms with E-state index in [1.54, 1.807) is 0 Å². The molecule has 170 valence electrons. The van der Waals surface area contributed by atoms with Crippen molar-refractivity contribution < 1.29 is 32.9 Å². The molecule has 0 aromatic carbocycles. The lowest BCUT2D eigenvalue weighted by Crippen LogP contribution is -2.78. The molecule has 0 saturated carbocycles. The van der Waals surface area contributed by atoms with E-state index in [1.807, 2.05) is 0 Å². The van der Waals surface area contributed by atoms with Gasteiger partial charge in [-0.25, -0.2) is 0 Å². The van der Waals surface area contributed by atoms with Crippen molar-refractivity contribution in [2.24, 2.45) is 5.92 Å². The van der Waals surface area contributed by atoms with Gasteiger partial charge in [0.2, 0.25) is 0 Å². The number of rotatable bonds is 9. The van der Waals surface area contributed by atoms with Crippen LogP contribution in [0.25, 0.3) is 0 Å². The third-order valence-electron chi connectivity index (χ3n) is 5.16. The van der Waals surface area contributed by atoms with Gasteiger partial charge in [-0.2, -0.15) is 13.2 Å². The Labute approximate surface area is 167 Å². The smallest absolute Gasteiger partial charge is 0.274 e. The van der Waals surface area contributed by atoms with Gasteiger partial charge >= 0.3 is 17.5 Å². The highest BCUT2D eigenvalue weighted by Crippen LogP contribution is 2.50. The van der Waals surface area contributed by atoms with Gasteiger partial charge in [0.25, 0.3) is 6.04 Å². The summed E-state index contributed by atoms with van der Waals surface area (Å²) in [6.07, 6.45) is -5.58. The molecule has 1 rings (SSSR count). The Morgan fingerprint density at radius 2 is 1.33 bits per heavy atom. The van der Waals surface area contributed by atoms with E-state index < -0.39 is 54.7 Å². The second-order valence-corrected chi connectivity index (χ2v) is 6.85. The normalized spacial score (nSPS) is 23.0. The van der Waals surface area contributed by atoms with Crippen LogP contribution in [-0.2, 0) is 0 Å². The lowest BCUT2D eigenvalue weighted by Gasteiger charge is -2.41. The van der Waals surface area contributed by atoms with Crippen LogP contribution in [0, 0.1) is 46.4 Å². The van der Waals surface area contributed by atoms with Crippen LogP contribution < -0.4 is 0 Å². The van der Waals surface area contributed by atoms with E-state index in [9.17, 15) is 53.6 Å². The fourth-order valence-corrected chi connectivity index (χ4v) is 3.97. The Bertz CT molecular complexity index is 737. The van der Waals surface area contributed by atoms with Crippen LogP contribution in [0.15, 0.2) is 11.6 Å². The molecule has 13 nitrogen and oxygen atoms in total. The fourth-order valence-electron chi connectivity index (χ4n) is 3.97. The van der Waals surface area contributed by atoms with Gasteiger partial charge in [0.1, 0.15) is 25.6 Å². The first-order chi connectivity index (χ1) is 13.7. The van der Waals surface area contributed by atoms with Gasteiger partial charge in [-0.1, -0.05) is 13.8 Å². The van der Waals surface area contributed by atoms with E-state index in [-0.39, 0.29) is 32.0 Å². The molecule has 0 N–H and O–H groups in total. The molecule has 1 aliphatic carbocycles. The third kappa shape index (κ3) is 3.54. The molecule has 2 atom stereocenters. The topological polar surface area (TPSA) is 176 Å². The quantitative estimate of drug-likeness (QED) is 0.223. The summed E-state index contributed by atoms with van der Waals surface area (Å²) >= 11 is 0. The lowest BCUT2D eigenvalue weighted by molar-refractivity contribution is -0.856. The van der Waals surface area contributed by atoms with Crippen molar-refractivity contribution in [3.63, 3.8) is 0 Å². The maximum Gasteiger partial charge on any atom is 0.507 e. The van der Waals surface area contributed by atoms with E-state index in [2.05, 4.69) is 0 Å². The predicted molar refractivity (Wildman–Crippen MR) is 92.7 cm³/mol. The Morgan fingerprint density at radius 3 is 1.60 bits per heavy atom. The fraction of sp³-hybridized carbons (Fsp3) is 0.857. The van der Waals surface area contributed by atoms with Crippen LogP contribution >= 0.6 is 0 Å². The molecule has 16 heteroatoms. The Kier molecular flexibility index (Phi) is 7.08. The summed E-state index contributed by atoms with van der Waals surface area (Å²) in [6.45, 7) is 2.97. The van der Waals surface area contributed by atoms with Gasteiger partial charge in [0.15, 0.2) is 0 Å². The van der Waals surface area contributed by atoms with Gasteiger partial charge in [0.05, 0.1) is 11.6 Å². The monoisotopic (exact) mass is 443 g/mol. The van der Waals surface area contributed by atoms with Crippen molar-refractivity contribution in [3.8, 4) is 0 Å². The van der Waals surface area contributed by atoms with E-state index in [0.29, 0.717) is 6.92 Å². The standard InChI is InChI=1S/C14H20F3N5O8/c1-4-6-18(7-5-2)11-12(19(23)24,20(25)26)8-10(14(15,16)17)9(3)13(11,21(27)28)22(29)30/h8-9,11H,4-7H2,1-3H3. The average molecular weight is 443 g/mol. The molecule has 0 saturated heterocycles. The largest absolute Gasteiger partial charge is 0.507 e. The number of nitro groups is 4. The highest BCUT2D eigenvalue weighted by atomic mass is 19.4. The maximum atomic E-state index is 13.6. The van der Waals surface area contributed by atoms with Crippen molar-refractivity contribution in [2.45, 2.75) is 57.2 Å². The molecule has 0 radical (unpaired) electrons. The molecular formula is C14H20F3N5O8. The van der Waals surface area contributed by atoms with E-state index in [4.69, 9.17) is 0 Å². The van der Waals surface area contributed by atoms with Gasteiger partial charge in [-0.05, 0) is 32.9 Å². The SMILES string of the molecule is CCCN(CCC)C1C([N+](=O)[O-])([N+](=O)[O-])C=C(C(F)(F)F)C(C)C1([N+](=O)[O-])[N+](=O)[O-]. The number of halogens is 3. The maximum absolute atomic E-state index is 13.6. The molecule has 1 aliphatic rings. The minimum absolute atomic E-state index is 0.123. The summed E-state index contributed by atoms with van der Waals surface area (Å²) in [5.74, 6) is -2.54. The first kappa shape index (κ1) is 25.1. The van der Waals surface area contributed by atoms with Gasteiger partial charge in [-0.15, -0.1) is 0 Å². The van der Waals surface area contributed by atoms with E-state index in [0.717, 1.165) is 4.90 Å². The molecule has 0 amide bonds. The van der Waals surface area contributed by atoms with Crippen LogP contribution in [0.5, 0.6) is 0 Å². The number of hydrogen-bond donors (Lipinski definition) is 0. The van der Waals surface area contributed by atoms with Crippen LogP contribution in [0.2, 0.25) is 0 Å². The molecule has 30 heavy (non-hydrogen) atoms. The minimum Gasteiger partial charge on any atom is -0.274 e. The molecular weight excluding hydrogens is 423 g/mol. The molecule has 0 aliphatic heterocycles. The lowest BCUT2D eigenvalue weighted by atomic mass is 9.70. The van der Waals surface area contributed by atoms with Crippen LogP contribution in [0.4, 0.5) is 13.2 Å². The first-order valence-electron chi connectivity index (χ1n) is 8.79. The summed E-state index contributed by atoms with van der Waals surface area (Å²) in [5.41, 5.74) is -9.93. The van der Waals surface area contributed by atoms with Gasteiger partial charge in [-0.3, -0.25) is 45.4 Å². The van der Waals surface area contributed by atoms with Crippen LogP contribution in [-0.4, -0.2) is 61.2 Å². The summed E-state index contributed by atoms with van der Waals surface area (Å²) < 4.78 is 40.8. The molecule has 0 fully saturated rings. The Balaban J connectivity index is 4.28. The number of alkyl halides is 3. The zero-order valence-electron chi connectivity index (χ0n) is 16.2. The summed E-state index contributed by atoms with van der Waals surface area (Å²) in [7, 11) is 0. The molecule has 2 unspecified atom stereocenters. The Hall–Kier alpha value is -2.91. The van der Waals surface area contributed by atoms with Crippen molar-refractivity contribution in [2.75, 3.05) is 13.1 Å². The predicted octanol–water partition coefficient (Wildman–Crippen LogP) is 2.11. The second-order valence-electron chi connectivity index (χ2n) is 6.85. The molecule has 0 aromatic heterocycles. The molecule has 0 bridgehead atoms. The number of hydrogen-bond acceptors (Lipinski definition) is 9. The van der Waals surface area contributed by atoms with Crippen molar-refractivity contribution in [1.82, 2.24) is 4.90 Å². The Morgan fingerprint density at radius 1 is 0.933 bits per heavy atom. The zero-order valence-corrected chi connectivity index (χ0v) is 16.2. The van der Waals surface area contributed by atoms with E-state index >= 15 is 0 Å². The molecule has 0 heterocycles. The second kappa shape index (κ2) is 8.45. The van der Waals surface area contributed by atoms with Gasteiger partial charge in [0, 0.05) is 0 Å². The molecule has 0 aromatic rings. The number of nitrogens with zero attached hydrogens (tertiary/aromatic N) is 5.